The van der Waals surface area contributed by atoms with Crippen LogP contribution >= 0.6 is 31.9 Å². The minimum Gasteiger partial charge on any atom is -0.493 e. The van der Waals surface area contributed by atoms with Gasteiger partial charge in [-0.3, -0.25) is 14.9 Å². The molecule has 0 aromatic heterocycles. The first-order valence-corrected chi connectivity index (χ1v) is 12.8. The van der Waals surface area contributed by atoms with Crippen LogP contribution in [-0.2, 0) is 16.2 Å². The molecule has 1 saturated heterocycles. The van der Waals surface area contributed by atoms with Gasteiger partial charge in [0.1, 0.15) is 23.7 Å². The standard InChI is InChI=1S/C27H22Br2N2O5/c1-2-13-35-24-12-7-20(29)14-18(24)15-23-25(32)30-27(34)31(26(23)33)21-8-10-22(11-9-21)36-16-17-3-5-19(28)6-4-17/h3-12,14-15H,2,13,16H2,1H3,(H,30,32,34)/b23-15+. The Morgan fingerprint density at radius 1 is 0.889 bits per heavy atom. The van der Waals surface area contributed by atoms with Gasteiger partial charge in [-0.05, 0) is 72.7 Å². The lowest BCUT2D eigenvalue weighted by molar-refractivity contribution is -0.122. The Morgan fingerprint density at radius 2 is 1.58 bits per heavy atom. The molecule has 4 rings (SSSR count). The van der Waals surface area contributed by atoms with Crippen LogP contribution in [0.25, 0.3) is 6.08 Å². The molecule has 3 aromatic carbocycles. The Balaban J connectivity index is 1.55. The summed E-state index contributed by atoms with van der Waals surface area (Å²) in [6.07, 6.45) is 2.24. The fourth-order valence-electron chi connectivity index (χ4n) is 3.46. The number of amides is 4. The number of nitrogens with zero attached hydrogens (tertiary/aromatic N) is 1. The van der Waals surface area contributed by atoms with E-state index in [1.807, 2.05) is 37.3 Å². The Labute approximate surface area is 225 Å². The first-order chi connectivity index (χ1) is 17.4. The van der Waals surface area contributed by atoms with Gasteiger partial charge in [0, 0.05) is 14.5 Å². The molecule has 0 saturated carbocycles. The Bertz CT molecular complexity index is 1320. The second-order valence-electron chi connectivity index (χ2n) is 7.90. The van der Waals surface area contributed by atoms with Crippen molar-refractivity contribution in [3.05, 3.63) is 92.4 Å². The summed E-state index contributed by atoms with van der Waals surface area (Å²) in [6.45, 7) is 2.83. The maximum Gasteiger partial charge on any atom is 0.335 e. The normalized spacial score (nSPS) is 14.7. The van der Waals surface area contributed by atoms with Crippen LogP contribution in [0.4, 0.5) is 10.5 Å². The second kappa shape index (κ2) is 11.5. The smallest absolute Gasteiger partial charge is 0.335 e. The molecule has 1 aliphatic rings. The van der Waals surface area contributed by atoms with E-state index in [1.54, 1.807) is 36.4 Å². The third kappa shape index (κ3) is 6.03. The highest BCUT2D eigenvalue weighted by molar-refractivity contribution is 9.10. The van der Waals surface area contributed by atoms with Crippen molar-refractivity contribution in [3.8, 4) is 11.5 Å². The van der Waals surface area contributed by atoms with Gasteiger partial charge in [-0.15, -0.1) is 0 Å². The monoisotopic (exact) mass is 612 g/mol. The van der Waals surface area contributed by atoms with E-state index < -0.39 is 17.8 Å². The van der Waals surface area contributed by atoms with E-state index in [4.69, 9.17) is 9.47 Å². The first kappa shape index (κ1) is 25.7. The number of rotatable bonds is 8. The molecule has 1 N–H and O–H groups in total. The van der Waals surface area contributed by atoms with Gasteiger partial charge >= 0.3 is 6.03 Å². The molecule has 36 heavy (non-hydrogen) atoms. The van der Waals surface area contributed by atoms with Crippen LogP contribution in [0.5, 0.6) is 11.5 Å². The Hall–Kier alpha value is -3.43. The number of halogens is 2. The molecule has 184 valence electrons. The molecular weight excluding hydrogens is 592 g/mol. The van der Waals surface area contributed by atoms with Crippen LogP contribution in [0.2, 0.25) is 0 Å². The van der Waals surface area contributed by atoms with Crippen LogP contribution in [0.15, 0.2) is 81.2 Å². The van der Waals surface area contributed by atoms with E-state index in [0.29, 0.717) is 36.0 Å². The van der Waals surface area contributed by atoms with Crippen LogP contribution in [-0.4, -0.2) is 24.5 Å². The number of hydrogen-bond donors (Lipinski definition) is 1. The number of hydrogen-bond acceptors (Lipinski definition) is 5. The van der Waals surface area contributed by atoms with Crippen molar-refractivity contribution in [2.24, 2.45) is 0 Å². The number of carbonyl (C=O) groups is 3. The van der Waals surface area contributed by atoms with Crippen LogP contribution < -0.4 is 19.7 Å². The lowest BCUT2D eigenvalue weighted by atomic mass is 10.1. The number of nitrogens with one attached hydrogen (secondary N) is 1. The lowest BCUT2D eigenvalue weighted by Gasteiger charge is -2.26. The van der Waals surface area contributed by atoms with Gasteiger partial charge in [0.15, 0.2) is 0 Å². The fourth-order valence-corrected chi connectivity index (χ4v) is 4.10. The highest BCUT2D eigenvalue weighted by Crippen LogP contribution is 2.29. The maximum absolute atomic E-state index is 13.3. The number of carbonyl (C=O) groups excluding carboxylic acids is 3. The molecule has 1 aliphatic heterocycles. The van der Waals surface area contributed by atoms with Gasteiger partial charge in [-0.1, -0.05) is 50.9 Å². The quantitative estimate of drug-likeness (QED) is 0.240. The van der Waals surface area contributed by atoms with E-state index in [1.165, 1.54) is 6.08 Å². The number of benzene rings is 3. The van der Waals surface area contributed by atoms with Gasteiger partial charge in [-0.2, -0.15) is 0 Å². The van der Waals surface area contributed by atoms with Crippen molar-refractivity contribution < 1.29 is 23.9 Å². The van der Waals surface area contributed by atoms with Crippen molar-refractivity contribution in [1.29, 1.82) is 0 Å². The van der Waals surface area contributed by atoms with Gasteiger partial charge in [-0.25, -0.2) is 9.69 Å². The molecule has 0 aliphatic carbocycles. The molecule has 0 radical (unpaired) electrons. The Kier molecular flexibility index (Phi) is 8.22. The van der Waals surface area contributed by atoms with Crippen LogP contribution in [0.3, 0.4) is 0 Å². The summed E-state index contributed by atoms with van der Waals surface area (Å²) in [5.74, 6) is -0.389. The number of ether oxygens (including phenoxy) is 2. The Morgan fingerprint density at radius 3 is 2.28 bits per heavy atom. The number of barbiturate groups is 1. The molecule has 1 heterocycles. The topological polar surface area (TPSA) is 84.9 Å². The average Bonchev–Trinajstić information content (AvgIpc) is 2.86. The fraction of sp³-hybridized carbons (Fsp3) is 0.148. The molecule has 9 heteroatoms. The molecule has 0 bridgehead atoms. The van der Waals surface area contributed by atoms with E-state index in [2.05, 4.69) is 37.2 Å². The third-order valence-corrected chi connectivity index (χ3v) is 6.27. The van der Waals surface area contributed by atoms with Crippen molar-refractivity contribution in [2.75, 3.05) is 11.5 Å². The summed E-state index contributed by atoms with van der Waals surface area (Å²) in [6, 6.07) is 18.8. The highest BCUT2D eigenvalue weighted by Gasteiger charge is 2.37. The van der Waals surface area contributed by atoms with E-state index in [9.17, 15) is 14.4 Å². The summed E-state index contributed by atoms with van der Waals surface area (Å²) < 4.78 is 13.3. The van der Waals surface area contributed by atoms with Gasteiger partial charge in [0.25, 0.3) is 11.8 Å². The van der Waals surface area contributed by atoms with Crippen molar-refractivity contribution in [1.82, 2.24) is 5.32 Å². The zero-order valence-electron chi connectivity index (χ0n) is 19.3. The SMILES string of the molecule is CCCOc1ccc(Br)cc1/C=C1\C(=O)NC(=O)N(c2ccc(OCc3ccc(Br)cc3)cc2)C1=O. The second-order valence-corrected chi connectivity index (χ2v) is 9.73. The zero-order chi connectivity index (χ0) is 25.7. The number of imide groups is 2. The molecule has 0 unspecified atom stereocenters. The van der Waals surface area contributed by atoms with E-state index in [0.717, 1.165) is 25.8 Å². The minimum atomic E-state index is -0.817. The summed E-state index contributed by atoms with van der Waals surface area (Å²) >= 11 is 6.81. The predicted octanol–water partition coefficient (Wildman–Crippen LogP) is 6.25. The highest BCUT2D eigenvalue weighted by atomic mass is 79.9. The summed E-state index contributed by atoms with van der Waals surface area (Å²) in [5.41, 5.74) is 1.67. The predicted molar refractivity (Wildman–Crippen MR) is 144 cm³/mol. The minimum absolute atomic E-state index is 0.176. The van der Waals surface area contributed by atoms with Crippen LogP contribution in [0.1, 0.15) is 24.5 Å². The lowest BCUT2D eigenvalue weighted by Crippen LogP contribution is -2.54. The van der Waals surface area contributed by atoms with E-state index in [-0.39, 0.29) is 5.57 Å². The summed E-state index contributed by atoms with van der Waals surface area (Å²) in [5, 5.41) is 2.24. The molecular formula is C27H22Br2N2O5. The molecule has 1 fully saturated rings. The van der Waals surface area contributed by atoms with Gasteiger partial charge in [0.05, 0.1) is 12.3 Å². The largest absolute Gasteiger partial charge is 0.493 e. The van der Waals surface area contributed by atoms with E-state index >= 15 is 0 Å². The number of urea groups is 1. The molecule has 3 aromatic rings. The first-order valence-electron chi connectivity index (χ1n) is 11.2. The molecule has 0 atom stereocenters. The van der Waals surface area contributed by atoms with Crippen molar-refractivity contribution in [3.63, 3.8) is 0 Å². The van der Waals surface area contributed by atoms with Gasteiger partial charge < -0.3 is 9.47 Å². The van der Waals surface area contributed by atoms with Gasteiger partial charge in [0.2, 0.25) is 0 Å². The van der Waals surface area contributed by atoms with Crippen molar-refractivity contribution in [2.45, 2.75) is 20.0 Å². The zero-order valence-corrected chi connectivity index (χ0v) is 22.5. The van der Waals surface area contributed by atoms with Crippen LogP contribution in [0, 0.1) is 0 Å². The maximum atomic E-state index is 13.3. The number of anilines is 1. The molecule has 7 nitrogen and oxygen atoms in total. The average molecular weight is 614 g/mol. The molecule has 0 spiro atoms. The summed E-state index contributed by atoms with van der Waals surface area (Å²) in [4.78, 5) is 39.4. The van der Waals surface area contributed by atoms with Crippen molar-refractivity contribution >= 4 is 61.5 Å². The third-order valence-electron chi connectivity index (χ3n) is 5.25. The molecule has 4 amide bonds. The summed E-state index contributed by atoms with van der Waals surface area (Å²) in [7, 11) is 0.